The van der Waals surface area contributed by atoms with E-state index in [1.807, 2.05) is 6.92 Å². The Morgan fingerprint density at radius 1 is 1.41 bits per heavy atom. The summed E-state index contributed by atoms with van der Waals surface area (Å²) in [5.74, 6) is -1.70. The Hall–Kier alpha value is -1.91. The normalized spacial score (nSPS) is 10.0. The molecule has 0 fully saturated rings. The molecule has 0 saturated carbocycles. The smallest absolute Gasteiger partial charge is 0.251 e. The molecule has 1 aromatic rings. The van der Waals surface area contributed by atoms with Crippen molar-refractivity contribution in [3.63, 3.8) is 0 Å². The van der Waals surface area contributed by atoms with Gasteiger partial charge in [-0.25, -0.2) is 4.39 Å². The standard InChI is InChI=1S/C12H15FN2O2/c1-2-3-4-11(16)15-8-5-6-10(13)9(7-8)12(14)17/h5-7H,2-4H2,1H3,(H2,14,17)(H,15,16). The van der Waals surface area contributed by atoms with Crippen LogP contribution in [-0.4, -0.2) is 11.8 Å². The molecule has 92 valence electrons. The highest BCUT2D eigenvalue weighted by atomic mass is 19.1. The highest BCUT2D eigenvalue weighted by molar-refractivity contribution is 5.96. The minimum absolute atomic E-state index is 0.158. The minimum atomic E-state index is -0.854. The number of nitrogens with two attached hydrogens (primary N) is 1. The van der Waals surface area contributed by atoms with Crippen LogP contribution in [0.4, 0.5) is 10.1 Å². The summed E-state index contributed by atoms with van der Waals surface area (Å²) >= 11 is 0. The molecule has 2 amide bonds. The van der Waals surface area contributed by atoms with Crippen molar-refractivity contribution in [1.29, 1.82) is 0 Å². The first kappa shape index (κ1) is 13.2. The first-order valence-corrected chi connectivity index (χ1v) is 5.43. The van der Waals surface area contributed by atoms with Crippen molar-refractivity contribution >= 4 is 17.5 Å². The van der Waals surface area contributed by atoms with E-state index >= 15 is 0 Å². The monoisotopic (exact) mass is 238 g/mol. The van der Waals surface area contributed by atoms with Gasteiger partial charge in [0.15, 0.2) is 0 Å². The van der Waals surface area contributed by atoms with Gasteiger partial charge >= 0.3 is 0 Å². The van der Waals surface area contributed by atoms with E-state index in [0.29, 0.717) is 12.1 Å². The van der Waals surface area contributed by atoms with Crippen LogP contribution >= 0.6 is 0 Å². The summed E-state index contributed by atoms with van der Waals surface area (Å²) in [6, 6.07) is 3.74. The van der Waals surface area contributed by atoms with Crippen LogP contribution in [0.3, 0.4) is 0 Å². The lowest BCUT2D eigenvalue weighted by Crippen LogP contribution is -2.15. The van der Waals surface area contributed by atoms with E-state index in [-0.39, 0.29) is 11.5 Å². The van der Waals surface area contributed by atoms with Crippen molar-refractivity contribution < 1.29 is 14.0 Å². The number of rotatable bonds is 5. The maximum atomic E-state index is 13.1. The zero-order chi connectivity index (χ0) is 12.8. The molecule has 0 spiro atoms. The van der Waals surface area contributed by atoms with Gasteiger partial charge in [0, 0.05) is 12.1 Å². The number of nitrogens with one attached hydrogen (secondary N) is 1. The maximum Gasteiger partial charge on any atom is 0.251 e. The van der Waals surface area contributed by atoms with Gasteiger partial charge in [0.1, 0.15) is 5.82 Å². The van der Waals surface area contributed by atoms with Gasteiger partial charge in [0.2, 0.25) is 5.91 Å². The van der Waals surface area contributed by atoms with E-state index in [4.69, 9.17) is 5.73 Å². The molecule has 0 saturated heterocycles. The van der Waals surface area contributed by atoms with E-state index in [1.54, 1.807) is 0 Å². The van der Waals surface area contributed by atoms with Crippen molar-refractivity contribution in [3.8, 4) is 0 Å². The van der Waals surface area contributed by atoms with Crippen molar-refractivity contribution in [2.45, 2.75) is 26.2 Å². The Morgan fingerprint density at radius 2 is 2.12 bits per heavy atom. The van der Waals surface area contributed by atoms with Crippen LogP contribution in [0.15, 0.2) is 18.2 Å². The second kappa shape index (κ2) is 5.98. The predicted molar refractivity (Wildman–Crippen MR) is 63.1 cm³/mol. The molecule has 17 heavy (non-hydrogen) atoms. The van der Waals surface area contributed by atoms with Crippen LogP contribution in [0.25, 0.3) is 0 Å². The highest BCUT2D eigenvalue weighted by Gasteiger charge is 2.10. The topological polar surface area (TPSA) is 72.2 Å². The molecule has 0 heterocycles. The molecule has 4 nitrogen and oxygen atoms in total. The lowest BCUT2D eigenvalue weighted by atomic mass is 10.1. The van der Waals surface area contributed by atoms with Crippen molar-refractivity contribution in [3.05, 3.63) is 29.6 Å². The Bertz CT molecular complexity index is 433. The summed E-state index contributed by atoms with van der Waals surface area (Å²) in [6.07, 6.45) is 2.11. The fourth-order valence-corrected chi connectivity index (χ4v) is 1.35. The molecule has 1 aromatic carbocycles. The highest BCUT2D eigenvalue weighted by Crippen LogP contribution is 2.14. The number of benzene rings is 1. The largest absolute Gasteiger partial charge is 0.366 e. The number of primary amides is 1. The molecule has 1 rings (SSSR count). The van der Waals surface area contributed by atoms with Crippen molar-refractivity contribution in [2.24, 2.45) is 5.73 Å². The molecule has 3 N–H and O–H groups in total. The van der Waals surface area contributed by atoms with E-state index in [1.165, 1.54) is 12.1 Å². The number of carbonyl (C=O) groups is 2. The first-order valence-electron chi connectivity index (χ1n) is 5.43. The SMILES string of the molecule is CCCCC(=O)Nc1ccc(F)c(C(N)=O)c1. The number of unbranched alkanes of at least 4 members (excludes halogenated alkanes) is 1. The van der Waals surface area contributed by atoms with E-state index in [2.05, 4.69) is 5.32 Å². The van der Waals surface area contributed by atoms with Crippen molar-refractivity contribution in [2.75, 3.05) is 5.32 Å². The third-order valence-electron chi connectivity index (χ3n) is 2.27. The average molecular weight is 238 g/mol. The summed E-state index contributed by atoms with van der Waals surface area (Å²) in [6.45, 7) is 1.98. The second-order valence-corrected chi connectivity index (χ2v) is 3.71. The minimum Gasteiger partial charge on any atom is -0.366 e. The van der Waals surface area contributed by atoms with Gasteiger partial charge in [0.25, 0.3) is 5.91 Å². The Labute approximate surface area is 99.0 Å². The molecule has 0 aliphatic heterocycles. The van der Waals surface area contributed by atoms with Gasteiger partial charge in [0.05, 0.1) is 5.56 Å². The predicted octanol–water partition coefficient (Wildman–Crippen LogP) is 2.05. The summed E-state index contributed by atoms with van der Waals surface area (Å²) in [7, 11) is 0. The lowest BCUT2D eigenvalue weighted by Gasteiger charge is -2.06. The first-order chi connectivity index (χ1) is 8.04. The fourth-order valence-electron chi connectivity index (χ4n) is 1.35. The Balaban J connectivity index is 2.75. The van der Waals surface area contributed by atoms with Crippen LogP contribution in [0.5, 0.6) is 0 Å². The third-order valence-corrected chi connectivity index (χ3v) is 2.27. The Kier molecular flexibility index (Phi) is 4.63. The van der Waals surface area contributed by atoms with Crippen LogP contribution in [-0.2, 0) is 4.79 Å². The van der Waals surface area contributed by atoms with Gasteiger partial charge in [-0.2, -0.15) is 0 Å². The van der Waals surface area contributed by atoms with E-state index < -0.39 is 11.7 Å². The second-order valence-electron chi connectivity index (χ2n) is 3.71. The number of carbonyl (C=O) groups excluding carboxylic acids is 2. The molecule has 0 aliphatic carbocycles. The zero-order valence-electron chi connectivity index (χ0n) is 9.63. The van der Waals surface area contributed by atoms with Gasteiger partial charge in [-0.05, 0) is 24.6 Å². The molecule has 0 unspecified atom stereocenters. The number of halogens is 1. The molecule has 0 aromatic heterocycles. The number of hydrogen-bond donors (Lipinski definition) is 2. The van der Waals surface area contributed by atoms with Crippen molar-refractivity contribution in [1.82, 2.24) is 0 Å². The molecule has 0 radical (unpaired) electrons. The molecule has 5 heteroatoms. The molecular formula is C12H15FN2O2. The molecule has 0 bridgehead atoms. The quantitative estimate of drug-likeness (QED) is 0.824. The number of anilines is 1. The zero-order valence-corrected chi connectivity index (χ0v) is 9.63. The summed E-state index contributed by atoms with van der Waals surface area (Å²) in [5, 5.41) is 2.59. The molecule has 0 aliphatic rings. The summed E-state index contributed by atoms with van der Waals surface area (Å²) in [5.41, 5.74) is 5.16. The van der Waals surface area contributed by atoms with Gasteiger partial charge < -0.3 is 11.1 Å². The van der Waals surface area contributed by atoms with Gasteiger partial charge in [-0.1, -0.05) is 13.3 Å². The maximum absolute atomic E-state index is 13.1. The van der Waals surface area contributed by atoms with E-state index in [0.717, 1.165) is 18.9 Å². The number of amides is 2. The van der Waals surface area contributed by atoms with Gasteiger partial charge in [-0.3, -0.25) is 9.59 Å². The number of hydrogen-bond acceptors (Lipinski definition) is 2. The average Bonchev–Trinajstić information content (AvgIpc) is 2.28. The fraction of sp³-hybridized carbons (Fsp3) is 0.333. The summed E-state index contributed by atoms with van der Waals surface area (Å²) < 4.78 is 13.1. The van der Waals surface area contributed by atoms with Gasteiger partial charge in [-0.15, -0.1) is 0 Å². The molecular weight excluding hydrogens is 223 g/mol. The summed E-state index contributed by atoms with van der Waals surface area (Å²) in [4.78, 5) is 22.3. The lowest BCUT2D eigenvalue weighted by molar-refractivity contribution is -0.116. The molecule has 0 atom stereocenters. The van der Waals surface area contributed by atoms with Crippen LogP contribution in [0, 0.1) is 5.82 Å². The van der Waals surface area contributed by atoms with E-state index in [9.17, 15) is 14.0 Å². The van der Waals surface area contributed by atoms with Crippen LogP contribution < -0.4 is 11.1 Å². The Morgan fingerprint density at radius 3 is 2.71 bits per heavy atom. The van der Waals surface area contributed by atoms with Crippen LogP contribution in [0.1, 0.15) is 36.5 Å². The third kappa shape index (κ3) is 3.86. The van der Waals surface area contributed by atoms with Crippen LogP contribution in [0.2, 0.25) is 0 Å².